The van der Waals surface area contributed by atoms with Crippen molar-refractivity contribution in [2.45, 2.75) is 66.1 Å². The van der Waals surface area contributed by atoms with Gasteiger partial charge in [-0.15, -0.1) is 0 Å². The van der Waals surface area contributed by atoms with E-state index >= 15 is 0 Å². The number of rotatable bonds is 3. The third kappa shape index (κ3) is 3.18. The smallest absolute Gasteiger partial charge is 0.341 e. The maximum absolute atomic E-state index is 12.8. The first-order chi connectivity index (χ1) is 11.8. The lowest BCUT2D eigenvalue weighted by molar-refractivity contribution is -0.219. The van der Waals surface area contributed by atoms with Crippen molar-refractivity contribution in [3.05, 3.63) is 11.3 Å². The highest BCUT2D eigenvalue weighted by Crippen LogP contribution is 2.54. The van der Waals surface area contributed by atoms with Crippen LogP contribution in [0.5, 0.6) is 0 Å². The molecule has 0 radical (unpaired) electrons. The Balaban J connectivity index is 2.12. The zero-order valence-electron chi connectivity index (χ0n) is 16.0. The molecule has 0 saturated heterocycles. The molecule has 0 amide bonds. The van der Waals surface area contributed by atoms with Crippen molar-refractivity contribution in [2.75, 3.05) is 6.61 Å². The van der Waals surface area contributed by atoms with Gasteiger partial charge in [0.1, 0.15) is 5.76 Å². The molecule has 1 aliphatic heterocycles. The van der Waals surface area contributed by atoms with Crippen LogP contribution in [0.25, 0.3) is 0 Å². The molecule has 0 aromatic heterocycles. The van der Waals surface area contributed by atoms with E-state index in [-0.39, 0.29) is 41.5 Å². The molecule has 0 aromatic carbocycles. The van der Waals surface area contributed by atoms with Gasteiger partial charge in [0.15, 0.2) is 0 Å². The molecule has 1 fully saturated rings. The number of hydrogen-bond acceptors (Lipinski definition) is 5. The first-order valence-electron chi connectivity index (χ1n) is 9.60. The molecule has 0 N–H and O–H groups in total. The fourth-order valence-corrected chi connectivity index (χ4v) is 4.96. The molecule has 0 unspecified atom stereocenters. The summed E-state index contributed by atoms with van der Waals surface area (Å²) >= 11 is 0. The molecule has 25 heavy (non-hydrogen) atoms. The summed E-state index contributed by atoms with van der Waals surface area (Å²) in [5, 5.41) is 0. The number of cyclic esters (lactones) is 1. The van der Waals surface area contributed by atoms with Crippen LogP contribution in [0.15, 0.2) is 11.3 Å². The van der Waals surface area contributed by atoms with E-state index in [0.29, 0.717) is 12.2 Å². The standard InChI is InChI=1S/C20H30O5/c1-6-23-18(21)15-12-9-7-8-10-13(12)17-16(14(15)11(2)3)19(22)25-20(4,5)24-17/h11-15H,6-10H2,1-5H3/t12-,13-,14+,15+/m1/s1. The second-order valence-electron chi connectivity index (χ2n) is 8.27. The number of carbonyl (C=O) groups is 2. The van der Waals surface area contributed by atoms with E-state index in [4.69, 9.17) is 14.2 Å². The number of hydrogen-bond donors (Lipinski definition) is 0. The highest BCUT2D eigenvalue weighted by atomic mass is 16.7. The second kappa shape index (κ2) is 6.65. The van der Waals surface area contributed by atoms with Crippen molar-refractivity contribution in [1.29, 1.82) is 0 Å². The Morgan fingerprint density at radius 2 is 1.92 bits per heavy atom. The minimum atomic E-state index is -0.948. The maximum Gasteiger partial charge on any atom is 0.341 e. The number of fused-ring (bicyclic) bond motifs is 2. The number of carbonyl (C=O) groups excluding carboxylic acids is 2. The predicted molar refractivity (Wildman–Crippen MR) is 92.2 cm³/mol. The van der Waals surface area contributed by atoms with Crippen LogP contribution < -0.4 is 0 Å². The first-order valence-corrected chi connectivity index (χ1v) is 9.60. The van der Waals surface area contributed by atoms with Gasteiger partial charge in [0.25, 0.3) is 0 Å². The lowest BCUT2D eigenvalue weighted by atomic mass is 9.59. The van der Waals surface area contributed by atoms with E-state index in [1.807, 2.05) is 6.92 Å². The number of esters is 2. The van der Waals surface area contributed by atoms with Crippen molar-refractivity contribution < 1.29 is 23.8 Å². The summed E-state index contributed by atoms with van der Waals surface area (Å²) in [5.74, 6) is -0.759. The van der Waals surface area contributed by atoms with Gasteiger partial charge in [0.05, 0.1) is 18.1 Å². The van der Waals surface area contributed by atoms with Gasteiger partial charge in [-0.25, -0.2) is 4.79 Å². The quantitative estimate of drug-likeness (QED) is 0.724. The Kier molecular flexibility index (Phi) is 4.86. The van der Waals surface area contributed by atoms with Gasteiger partial charge in [-0.2, -0.15) is 0 Å². The minimum Gasteiger partial charge on any atom is -0.466 e. The third-order valence-electron chi connectivity index (χ3n) is 5.79. The molecule has 0 bridgehead atoms. The zero-order chi connectivity index (χ0) is 18.4. The fraction of sp³-hybridized carbons (Fsp3) is 0.800. The fourth-order valence-electron chi connectivity index (χ4n) is 4.96. The molecular formula is C20H30O5. The summed E-state index contributed by atoms with van der Waals surface area (Å²) in [6.07, 6.45) is 4.14. The molecule has 2 aliphatic carbocycles. The van der Waals surface area contributed by atoms with Crippen LogP contribution in [0.2, 0.25) is 0 Å². The highest BCUT2D eigenvalue weighted by molar-refractivity contribution is 5.92. The molecule has 1 saturated carbocycles. The largest absolute Gasteiger partial charge is 0.466 e. The predicted octanol–water partition coefficient (Wildman–Crippen LogP) is 3.82. The Labute approximate surface area is 150 Å². The zero-order valence-corrected chi connectivity index (χ0v) is 16.0. The van der Waals surface area contributed by atoms with Crippen molar-refractivity contribution in [3.63, 3.8) is 0 Å². The SMILES string of the molecule is CCOC(=O)[C@H]1[C@@H]2CCCC[C@H]2C2=C(C(=O)OC(C)(C)O2)[C@H]1C(C)C. The number of ether oxygens (including phenoxy) is 3. The van der Waals surface area contributed by atoms with Gasteiger partial charge in [0, 0.05) is 25.7 Å². The van der Waals surface area contributed by atoms with Gasteiger partial charge in [-0.05, 0) is 31.6 Å². The third-order valence-corrected chi connectivity index (χ3v) is 5.79. The number of allylic oxidation sites excluding steroid dienone is 1. The molecular weight excluding hydrogens is 320 g/mol. The Morgan fingerprint density at radius 1 is 1.24 bits per heavy atom. The summed E-state index contributed by atoms with van der Waals surface area (Å²) in [4.78, 5) is 25.7. The van der Waals surface area contributed by atoms with Crippen LogP contribution in [0.3, 0.4) is 0 Å². The summed E-state index contributed by atoms with van der Waals surface area (Å²) in [7, 11) is 0. The van der Waals surface area contributed by atoms with Gasteiger partial charge < -0.3 is 14.2 Å². The van der Waals surface area contributed by atoms with Crippen LogP contribution in [-0.2, 0) is 23.8 Å². The van der Waals surface area contributed by atoms with E-state index in [1.54, 1.807) is 13.8 Å². The summed E-state index contributed by atoms with van der Waals surface area (Å²) in [5.41, 5.74) is 0.579. The molecule has 0 spiro atoms. The molecule has 5 nitrogen and oxygen atoms in total. The molecule has 0 aromatic rings. The molecule has 1 heterocycles. The van der Waals surface area contributed by atoms with E-state index in [2.05, 4.69) is 13.8 Å². The van der Waals surface area contributed by atoms with Crippen molar-refractivity contribution in [3.8, 4) is 0 Å². The lowest BCUT2D eigenvalue weighted by Gasteiger charge is -2.50. The highest BCUT2D eigenvalue weighted by Gasteiger charge is 2.55. The van der Waals surface area contributed by atoms with Crippen LogP contribution in [-0.4, -0.2) is 24.3 Å². The molecule has 140 valence electrons. The van der Waals surface area contributed by atoms with Crippen LogP contribution in [0.4, 0.5) is 0 Å². The molecule has 5 heteroatoms. The average Bonchev–Trinajstić information content (AvgIpc) is 2.52. The van der Waals surface area contributed by atoms with Crippen LogP contribution in [0.1, 0.15) is 60.3 Å². The van der Waals surface area contributed by atoms with E-state index in [9.17, 15) is 9.59 Å². The first kappa shape index (κ1) is 18.3. The monoisotopic (exact) mass is 350 g/mol. The molecule has 4 atom stereocenters. The van der Waals surface area contributed by atoms with Gasteiger partial charge in [-0.1, -0.05) is 26.7 Å². The molecule has 3 aliphatic rings. The van der Waals surface area contributed by atoms with Gasteiger partial charge in [0.2, 0.25) is 5.79 Å². The summed E-state index contributed by atoms with van der Waals surface area (Å²) < 4.78 is 17.1. The van der Waals surface area contributed by atoms with Gasteiger partial charge >= 0.3 is 11.9 Å². The second-order valence-corrected chi connectivity index (χ2v) is 8.27. The lowest BCUT2D eigenvalue weighted by Crippen LogP contribution is -2.51. The minimum absolute atomic E-state index is 0.111. The van der Waals surface area contributed by atoms with E-state index < -0.39 is 5.79 Å². The normalized spacial score (nSPS) is 33.9. The van der Waals surface area contributed by atoms with E-state index in [0.717, 1.165) is 31.4 Å². The van der Waals surface area contributed by atoms with Crippen molar-refractivity contribution in [1.82, 2.24) is 0 Å². The Morgan fingerprint density at radius 3 is 2.56 bits per heavy atom. The topological polar surface area (TPSA) is 61.8 Å². The van der Waals surface area contributed by atoms with Gasteiger partial charge in [-0.3, -0.25) is 4.79 Å². The summed E-state index contributed by atoms with van der Waals surface area (Å²) in [6.45, 7) is 9.84. The summed E-state index contributed by atoms with van der Waals surface area (Å²) in [6, 6.07) is 0. The van der Waals surface area contributed by atoms with Crippen LogP contribution >= 0.6 is 0 Å². The van der Waals surface area contributed by atoms with Crippen molar-refractivity contribution in [2.24, 2.45) is 29.6 Å². The van der Waals surface area contributed by atoms with Crippen molar-refractivity contribution >= 4 is 11.9 Å². The molecule has 3 rings (SSSR count). The Bertz CT molecular complexity index is 589. The van der Waals surface area contributed by atoms with Crippen LogP contribution in [0, 0.1) is 29.6 Å². The maximum atomic E-state index is 12.8. The average molecular weight is 350 g/mol. The Hall–Kier alpha value is -1.52. The van der Waals surface area contributed by atoms with E-state index in [1.165, 1.54) is 0 Å².